The van der Waals surface area contributed by atoms with Gasteiger partial charge in [0.05, 0.1) is 19.0 Å². The molecule has 2 rings (SSSR count). The summed E-state index contributed by atoms with van der Waals surface area (Å²) in [6, 6.07) is 7.36. The highest BCUT2D eigenvalue weighted by molar-refractivity contribution is 5.65. The van der Waals surface area contributed by atoms with Gasteiger partial charge < -0.3 is 9.47 Å². The number of hydrogen-bond donors (Lipinski definition) is 0. The Balaban J connectivity index is 2.21. The highest BCUT2D eigenvalue weighted by Gasteiger charge is 2.07. The summed E-state index contributed by atoms with van der Waals surface area (Å²) in [5.41, 5.74) is 1.53. The van der Waals surface area contributed by atoms with Crippen LogP contribution in [0.2, 0.25) is 0 Å². The Kier molecular flexibility index (Phi) is 3.57. The fourth-order valence-corrected chi connectivity index (χ4v) is 1.47. The Morgan fingerprint density at radius 1 is 1.33 bits per heavy atom. The summed E-state index contributed by atoms with van der Waals surface area (Å²) < 4.78 is 11.6. The van der Waals surface area contributed by atoms with E-state index in [0.29, 0.717) is 5.69 Å². The lowest BCUT2D eigenvalue weighted by atomic mass is 10.3. The zero-order valence-electron chi connectivity index (χ0n) is 10.2. The highest BCUT2D eigenvalue weighted by Crippen LogP contribution is 2.15. The molecule has 0 aliphatic rings. The van der Waals surface area contributed by atoms with Crippen molar-refractivity contribution < 1.29 is 14.3 Å². The number of methoxy groups -OCH3 is 1. The van der Waals surface area contributed by atoms with Crippen molar-refractivity contribution in [1.29, 1.82) is 0 Å². The van der Waals surface area contributed by atoms with Crippen molar-refractivity contribution in [2.75, 3.05) is 7.11 Å². The molecule has 0 amide bonds. The van der Waals surface area contributed by atoms with Crippen molar-refractivity contribution in [3.8, 4) is 11.4 Å². The van der Waals surface area contributed by atoms with Crippen LogP contribution >= 0.6 is 0 Å². The first kappa shape index (κ1) is 12.1. The van der Waals surface area contributed by atoms with E-state index in [0.717, 1.165) is 11.4 Å². The zero-order valence-corrected chi connectivity index (χ0v) is 10.2. The SMILES string of the molecule is COc1ccc(-n2nncc2COC(C)=O)cc1. The number of ether oxygens (including phenoxy) is 2. The molecule has 0 unspecified atom stereocenters. The Morgan fingerprint density at radius 3 is 2.67 bits per heavy atom. The second-order valence-electron chi connectivity index (χ2n) is 3.62. The molecule has 0 bridgehead atoms. The number of carbonyl (C=O) groups is 1. The predicted octanol–water partition coefficient (Wildman–Crippen LogP) is 1.34. The molecule has 18 heavy (non-hydrogen) atoms. The molecule has 0 radical (unpaired) electrons. The fourth-order valence-electron chi connectivity index (χ4n) is 1.47. The van der Waals surface area contributed by atoms with Gasteiger partial charge in [0, 0.05) is 6.92 Å². The maximum absolute atomic E-state index is 10.8. The van der Waals surface area contributed by atoms with Gasteiger partial charge in [0.15, 0.2) is 0 Å². The summed E-state index contributed by atoms with van der Waals surface area (Å²) in [5.74, 6) is 0.429. The first-order valence-electron chi connectivity index (χ1n) is 5.38. The van der Waals surface area contributed by atoms with Gasteiger partial charge >= 0.3 is 5.97 Å². The van der Waals surface area contributed by atoms with Gasteiger partial charge in [-0.15, -0.1) is 5.10 Å². The summed E-state index contributed by atoms with van der Waals surface area (Å²) in [6.07, 6.45) is 1.56. The number of hydrogen-bond acceptors (Lipinski definition) is 5. The summed E-state index contributed by atoms with van der Waals surface area (Å²) in [5, 5.41) is 7.76. The van der Waals surface area contributed by atoms with E-state index in [4.69, 9.17) is 9.47 Å². The molecule has 0 aliphatic heterocycles. The summed E-state index contributed by atoms with van der Waals surface area (Å²) in [6.45, 7) is 1.51. The van der Waals surface area contributed by atoms with Crippen molar-refractivity contribution in [2.45, 2.75) is 13.5 Å². The van der Waals surface area contributed by atoms with E-state index in [1.807, 2.05) is 24.3 Å². The minimum Gasteiger partial charge on any atom is -0.497 e. The molecule has 6 heteroatoms. The Morgan fingerprint density at radius 2 is 2.06 bits per heavy atom. The molecule has 1 aromatic heterocycles. The maximum Gasteiger partial charge on any atom is 0.303 e. The third-order valence-electron chi connectivity index (χ3n) is 2.36. The number of aromatic nitrogens is 3. The Bertz CT molecular complexity index is 534. The molecular formula is C12H13N3O3. The van der Waals surface area contributed by atoms with E-state index in [9.17, 15) is 4.79 Å². The molecule has 94 valence electrons. The van der Waals surface area contributed by atoms with Gasteiger partial charge in [-0.3, -0.25) is 4.79 Å². The first-order valence-corrected chi connectivity index (χ1v) is 5.38. The lowest BCUT2D eigenvalue weighted by Gasteiger charge is -2.07. The van der Waals surface area contributed by atoms with Crippen molar-refractivity contribution in [3.05, 3.63) is 36.2 Å². The van der Waals surface area contributed by atoms with Gasteiger partial charge in [-0.05, 0) is 24.3 Å². The largest absolute Gasteiger partial charge is 0.497 e. The molecule has 0 fully saturated rings. The Labute approximate surface area is 104 Å². The number of benzene rings is 1. The molecule has 1 heterocycles. The molecular weight excluding hydrogens is 234 g/mol. The maximum atomic E-state index is 10.8. The number of nitrogens with zero attached hydrogens (tertiary/aromatic N) is 3. The normalized spacial score (nSPS) is 10.1. The molecule has 2 aromatic rings. The number of rotatable bonds is 4. The van der Waals surface area contributed by atoms with Crippen molar-refractivity contribution in [1.82, 2.24) is 15.0 Å². The van der Waals surface area contributed by atoms with Crippen molar-refractivity contribution in [3.63, 3.8) is 0 Å². The highest BCUT2D eigenvalue weighted by atomic mass is 16.5. The van der Waals surface area contributed by atoms with Gasteiger partial charge in [0.2, 0.25) is 0 Å². The zero-order chi connectivity index (χ0) is 13.0. The van der Waals surface area contributed by atoms with E-state index < -0.39 is 0 Å². The average molecular weight is 247 g/mol. The van der Waals surface area contributed by atoms with Gasteiger partial charge in [-0.25, -0.2) is 4.68 Å². The monoisotopic (exact) mass is 247 g/mol. The Hall–Kier alpha value is -2.37. The van der Waals surface area contributed by atoms with Crippen LogP contribution in [0.4, 0.5) is 0 Å². The van der Waals surface area contributed by atoms with E-state index in [2.05, 4.69) is 10.3 Å². The van der Waals surface area contributed by atoms with Crippen LogP contribution < -0.4 is 4.74 Å². The summed E-state index contributed by atoms with van der Waals surface area (Å²) >= 11 is 0. The van der Waals surface area contributed by atoms with E-state index in [-0.39, 0.29) is 12.6 Å². The molecule has 0 saturated carbocycles. The average Bonchev–Trinajstić information content (AvgIpc) is 2.85. The third-order valence-corrected chi connectivity index (χ3v) is 2.36. The third kappa shape index (κ3) is 2.65. The van der Waals surface area contributed by atoms with Crippen LogP contribution in [0.3, 0.4) is 0 Å². The smallest absolute Gasteiger partial charge is 0.303 e. The number of esters is 1. The second-order valence-corrected chi connectivity index (χ2v) is 3.62. The second kappa shape index (κ2) is 5.31. The molecule has 0 N–H and O–H groups in total. The molecule has 0 saturated heterocycles. The minimum atomic E-state index is -0.336. The van der Waals surface area contributed by atoms with E-state index >= 15 is 0 Å². The molecule has 1 aromatic carbocycles. The lowest BCUT2D eigenvalue weighted by molar-refractivity contribution is -0.142. The van der Waals surface area contributed by atoms with Crippen LogP contribution in [-0.2, 0) is 16.1 Å². The van der Waals surface area contributed by atoms with Crippen LogP contribution in [0.5, 0.6) is 5.75 Å². The molecule has 0 atom stereocenters. The topological polar surface area (TPSA) is 66.2 Å². The van der Waals surface area contributed by atoms with Crippen molar-refractivity contribution >= 4 is 5.97 Å². The van der Waals surface area contributed by atoms with Crippen molar-refractivity contribution in [2.24, 2.45) is 0 Å². The number of carbonyl (C=O) groups excluding carboxylic acids is 1. The van der Waals surface area contributed by atoms with Gasteiger partial charge in [0.25, 0.3) is 0 Å². The van der Waals surface area contributed by atoms with Crippen LogP contribution in [-0.4, -0.2) is 28.1 Å². The molecule has 0 aliphatic carbocycles. The fraction of sp³-hybridized carbons (Fsp3) is 0.250. The molecule has 0 spiro atoms. The summed E-state index contributed by atoms with van der Waals surface area (Å²) in [7, 11) is 1.61. The van der Waals surface area contributed by atoms with Crippen LogP contribution in [0.1, 0.15) is 12.6 Å². The van der Waals surface area contributed by atoms with Crippen LogP contribution in [0, 0.1) is 0 Å². The van der Waals surface area contributed by atoms with Gasteiger partial charge in [-0.1, -0.05) is 5.21 Å². The quantitative estimate of drug-likeness (QED) is 0.763. The van der Waals surface area contributed by atoms with Crippen LogP contribution in [0.15, 0.2) is 30.5 Å². The summed E-state index contributed by atoms with van der Waals surface area (Å²) in [4.78, 5) is 10.8. The first-order chi connectivity index (χ1) is 8.70. The lowest BCUT2D eigenvalue weighted by Crippen LogP contribution is -2.06. The standard InChI is InChI=1S/C12H13N3O3/c1-9(16)18-8-11-7-13-14-15(11)10-3-5-12(17-2)6-4-10/h3-7H,8H2,1-2H3. The predicted molar refractivity (Wildman–Crippen MR) is 63.4 cm³/mol. The van der Waals surface area contributed by atoms with Gasteiger partial charge in [0.1, 0.15) is 18.1 Å². The van der Waals surface area contributed by atoms with E-state index in [1.54, 1.807) is 18.0 Å². The van der Waals surface area contributed by atoms with E-state index in [1.165, 1.54) is 6.92 Å². The van der Waals surface area contributed by atoms with Gasteiger partial charge in [-0.2, -0.15) is 0 Å². The minimum absolute atomic E-state index is 0.147. The van der Waals surface area contributed by atoms with Crippen LogP contribution in [0.25, 0.3) is 5.69 Å². The molecule has 6 nitrogen and oxygen atoms in total.